The van der Waals surface area contributed by atoms with E-state index in [0.717, 1.165) is 12.1 Å². The van der Waals surface area contributed by atoms with Gasteiger partial charge < -0.3 is 21.5 Å². The third-order valence-corrected chi connectivity index (χ3v) is 5.83. The standard InChI is InChI=1S/C15H13NO2.C13H18N2O2.C2H6/c16-15(17)18-9-14-12-7-3-1-5-10(12)11-6-2-4-8-13(11)14;1-2-10-6-8-11(9-7-10)15-13(17)5-3-4-12(14)16;1-2/h1-8,14H,9H2,(H2,16,17);6-9H,2-5H2,1H3,(H2,14,16)(H,15,17);1-2H3. The number of hydrogen-bond acceptors (Lipinski definition) is 4. The van der Waals surface area contributed by atoms with Crippen molar-refractivity contribution in [3.05, 3.63) is 89.5 Å². The van der Waals surface area contributed by atoms with Gasteiger partial charge in [0.25, 0.3) is 0 Å². The highest BCUT2D eigenvalue weighted by atomic mass is 16.5. The van der Waals surface area contributed by atoms with Crippen LogP contribution in [0.1, 0.15) is 62.6 Å². The molecule has 0 saturated heterocycles. The van der Waals surface area contributed by atoms with Crippen LogP contribution in [0.4, 0.5) is 10.5 Å². The zero-order valence-corrected chi connectivity index (χ0v) is 21.8. The van der Waals surface area contributed by atoms with Crippen LogP contribution in [0.2, 0.25) is 0 Å². The molecule has 1 aliphatic carbocycles. The largest absolute Gasteiger partial charge is 0.449 e. The summed E-state index contributed by atoms with van der Waals surface area (Å²) < 4.78 is 4.98. The molecule has 5 N–H and O–H groups in total. The number of nitrogens with one attached hydrogen (secondary N) is 1. The molecule has 3 aromatic carbocycles. The molecule has 1 aliphatic rings. The fraction of sp³-hybridized carbons (Fsp3) is 0.300. The van der Waals surface area contributed by atoms with Gasteiger partial charge in [0, 0.05) is 24.4 Å². The van der Waals surface area contributed by atoms with Crippen LogP contribution in [0, 0.1) is 0 Å². The first-order chi connectivity index (χ1) is 17.9. The van der Waals surface area contributed by atoms with Gasteiger partial charge in [0.05, 0.1) is 0 Å². The minimum atomic E-state index is -0.725. The summed E-state index contributed by atoms with van der Waals surface area (Å²) in [5, 5.41) is 2.78. The third-order valence-electron chi connectivity index (χ3n) is 5.83. The van der Waals surface area contributed by atoms with Crippen molar-refractivity contribution in [3.8, 4) is 11.1 Å². The topological polar surface area (TPSA) is 125 Å². The summed E-state index contributed by atoms with van der Waals surface area (Å²) in [4.78, 5) is 32.8. The normalized spacial score (nSPS) is 11.0. The molecule has 3 aromatic rings. The fourth-order valence-corrected chi connectivity index (χ4v) is 4.08. The Labute approximate surface area is 219 Å². The SMILES string of the molecule is CC.CCc1ccc(NC(=O)CCCC(N)=O)cc1.NC(=O)OCC1c2ccccc2-c2ccccc21. The van der Waals surface area contributed by atoms with Gasteiger partial charge in [0.15, 0.2) is 0 Å². The number of nitrogens with two attached hydrogens (primary N) is 2. The van der Waals surface area contributed by atoms with Crippen LogP contribution in [0.15, 0.2) is 72.8 Å². The van der Waals surface area contributed by atoms with Crippen LogP contribution >= 0.6 is 0 Å². The minimum absolute atomic E-state index is 0.0875. The molecule has 0 bridgehead atoms. The molecule has 0 fully saturated rings. The lowest BCUT2D eigenvalue weighted by molar-refractivity contribution is -0.118. The van der Waals surface area contributed by atoms with E-state index in [9.17, 15) is 14.4 Å². The summed E-state index contributed by atoms with van der Waals surface area (Å²) in [5.74, 6) is -0.370. The van der Waals surface area contributed by atoms with Crippen molar-refractivity contribution >= 4 is 23.6 Å². The average Bonchev–Trinajstić information content (AvgIpc) is 3.23. The van der Waals surface area contributed by atoms with Crippen LogP contribution in [0.5, 0.6) is 0 Å². The number of fused-ring (bicyclic) bond motifs is 3. The van der Waals surface area contributed by atoms with E-state index in [1.807, 2.05) is 62.4 Å². The maximum atomic E-state index is 11.5. The molecule has 0 radical (unpaired) electrons. The molecule has 196 valence electrons. The van der Waals surface area contributed by atoms with E-state index in [2.05, 4.69) is 36.5 Å². The van der Waals surface area contributed by atoms with Gasteiger partial charge in [-0.1, -0.05) is 81.4 Å². The molecule has 0 saturated carbocycles. The molecular weight excluding hydrogens is 466 g/mol. The van der Waals surface area contributed by atoms with E-state index >= 15 is 0 Å². The summed E-state index contributed by atoms with van der Waals surface area (Å²) in [6.45, 7) is 6.38. The van der Waals surface area contributed by atoms with Gasteiger partial charge in [0.2, 0.25) is 11.8 Å². The van der Waals surface area contributed by atoms with Crippen molar-refractivity contribution in [1.29, 1.82) is 0 Å². The van der Waals surface area contributed by atoms with E-state index in [-0.39, 0.29) is 24.2 Å². The zero-order valence-electron chi connectivity index (χ0n) is 21.8. The minimum Gasteiger partial charge on any atom is -0.449 e. The van der Waals surface area contributed by atoms with Gasteiger partial charge in [-0.3, -0.25) is 9.59 Å². The van der Waals surface area contributed by atoms with Gasteiger partial charge in [-0.2, -0.15) is 0 Å². The molecule has 4 rings (SSSR count). The lowest BCUT2D eigenvalue weighted by Crippen LogP contribution is -2.17. The summed E-state index contributed by atoms with van der Waals surface area (Å²) >= 11 is 0. The highest BCUT2D eigenvalue weighted by Crippen LogP contribution is 2.44. The number of anilines is 1. The molecule has 0 aromatic heterocycles. The molecule has 0 heterocycles. The monoisotopic (exact) mass is 503 g/mol. The Morgan fingerprint density at radius 1 is 0.811 bits per heavy atom. The predicted molar refractivity (Wildman–Crippen MR) is 148 cm³/mol. The second-order valence-electron chi connectivity index (χ2n) is 8.28. The van der Waals surface area contributed by atoms with Crippen LogP contribution in [0.25, 0.3) is 11.1 Å². The van der Waals surface area contributed by atoms with Gasteiger partial charge in [-0.25, -0.2) is 4.79 Å². The van der Waals surface area contributed by atoms with Gasteiger partial charge >= 0.3 is 6.09 Å². The number of ether oxygens (including phenoxy) is 1. The number of carbonyl (C=O) groups excluding carboxylic acids is 3. The number of primary amides is 2. The number of aryl methyl sites for hydroxylation is 1. The second-order valence-corrected chi connectivity index (χ2v) is 8.28. The quantitative estimate of drug-likeness (QED) is 0.361. The Balaban J connectivity index is 0.000000245. The molecule has 0 spiro atoms. The Kier molecular flexibility index (Phi) is 11.9. The van der Waals surface area contributed by atoms with E-state index in [1.54, 1.807) is 0 Å². The Morgan fingerprint density at radius 3 is 1.84 bits per heavy atom. The number of rotatable bonds is 8. The van der Waals surface area contributed by atoms with Crippen LogP contribution in [-0.2, 0) is 20.7 Å². The maximum Gasteiger partial charge on any atom is 0.404 e. The molecular formula is C30H37N3O4. The smallest absolute Gasteiger partial charge is 0.404 e. The Morgan fingerprint density at radius 2 is 1.35 bits per heavy atom. The van der Waals surface area contributed by atoms with Crippen molar-refractivity contribution in [2.24, 2.45) is 11.5 Å². The number of benzene rings is 3. The van der Waals surface area contributed by atoms with Crippen molar-refractivity contribution < 1.29 is 19.1 Å². The molecule has 7 heteroatoms. The number of hydrogen-bond donors (Lipinski definition) is 3. The molecule has 7 nitrogen and oxygen atoms in total. The van der Waals surface area contributed by atoms with Crippen molar-refractivity contribution in [1.82, 2.24) is 0 Å². The summed E-state index contributed by atoms with van der Waals surface area (Å²) in [7, 11) is 0. The highest BCUT2D eigenvalue weighted by Gasteiger charge is 2.28. The Hall–Kier alpha value is -4.13. The molecule has 0 atom stereocenters. The Bertz CT molecular complexity index is 1130. The first-order valence-corrected chi connectivity index (χ1v) is 12.7. The van der Waals surface area contributed by atoms with Gasteiger partial charge in [0.1, 0.15) is 6.61 Å². The first-order valence-electron chi connectivity index (χ1n) is 12.7. The van der Waals surface area contributed by atoms with E-state index < -0.39 is 6.09 Å². The number of amides is 3. The van der Waals surface area contributed by atoms with Crippen LogP contribution in [-0.4, -0.2) is 24.5 Å². The third kappa shape index (κ3) is 8.79. The first kappa shape index (κ1) is 29.1. The molecule has 3 amide bonds. The van der Waals surface area contributed by atoms with Crippen molar-refractivity contribution in [2.45, 2.75) is 52.4 Å². The van der Waals surface area contributed by atoms with Crippen LogP contribution in [0.3, 0.4) is 0 Å². The van der Waals surface area contributed by atoms with E-state index in [4.69, 9.17) is 16.2 Å². The summed E-state index contributed by atoms with van der Waals surface area (Å²) in [6.07, 6.45) is 1.32. The summed E-state index contributed by atoms with van der Waals surface area (Å²) in [5.41, 5.74) is 16.9. The van der Waals surface area contributed by atoms with Crippen molar-refractivity contribution in [3.63, 3.8) is 0 Å². The lowest BCUT2D eigenvalue weighted by atomic mass is 9.98. The van der Waals surface area contributed by atoms with Crippen LogP contribution < -0.4 is 16.8 Å². The van der Waals surface area contributed by atoms with Gasteiger partial charge in [-0.15, -0.1) is 0 Å². The predicted octanol–water partition coefficient (Wildman–Crippen LogP) is 5.76. The molecule has 0 unspecified atom stereocenters. The maximum absolute atomic E-state index is 11.5. The summed E-state index contributed by atoms with van der Waals surface area (Å²) in [6, 6.07) is 24.1. The average molecular weight is 504 g/mol. The lowest BCUT2D eigenvalue weighted by Gasteiger charge is -2.12. The molecule has 37 heavy (non-hydrogen) atoms. The number of carbonyl (C=O) groups is 3. The fourth-order valence-electron chi connectivity index (χ4n) is 4.08. The highest BCUT2D eigenvalue weighted by molar-refractivity contribution is 5.91. The van der Waals surface area contributed by atoms with E-state index in [0.29, 0.717) is 19.4 Å². The molecule has 0 aliphatic heterocycles. The van der Waals surface area contributed by atoms with E-state index in [1.165, 1.54) is 27.8 Å². The second kappa shape index (κ2) is 15.1. The van der Waals surface area contributed by atoms with Gasteiger partial charge in [-0.05, 0) is 52.8 Å². The zero-order chi connectivity index (χ0) is 27.2. The van der Waals surface area contributed by atoms with Crippen molar-refractivity contribution in [2.75, 3.05) is 11.9 Å².